The summed E-state index contributed by atoms with van der Waals surface area (Å²) in [5, 5.41) is 7.60. The molecule has 152 valence electrons. The Bertz CT molecular complexity index is 547. The molecule has 0 rings (SSSR count). The summed E-state index contributed by atoms with van der Waals surface area (Å²) in [6.45, 7) is 10.2. The van der Waals surface area contributed by atoms with Crippen molar-refractivity contribution in [3.8, 4) is 0 Å². The van der Waals surface area contributed by atoms with Gasteiger partial charge in [0.05, 0.1) is 7.11 Å². The lowest BCUT2D eigenvalue weighted by Gasteiger charge is -2.21. The van der Waals surface area contributed by atoms with Gasteiger partial charge in [-0.05, 0) is 39.5 Å². The first-order valence-electron chi connectivity index (χ1n) is 8.96. The van der Waals surface area contributed by atoms with Crippen LogP contribution in [0.1, 0.15) is 46.0 Å². The van der Waals surface area contributed by atoms with Crippen molar-refractivity contribution in [2.75, 3.05) is 7.11 Å². The van der Waals surface area contributed by atoms with Gasteiger partial charge in [-0.2, -0.15) is 0 Å². The van der Waals surface area contributed by atoms with E-state index in [1.54, 1.807) is 6.08 Å². The van der Waals surface area contributed by atoms with E-state index in [0.717, 1.165) is 12.8 Å². The highest BCUT2D eigenvalue weighted by atomic mass is 16.5. The molecule has 0 heterocycles. The largest absolute Gasteiger partial charge is 0.467 e. The van der Waals surface area contributed by atoms with Gasteiger partial charge in [0.15, 0.2) is 0 Å². The predicted octanol–water partition coefficient (Wildman–Crippen LogP) is 0.976. The third-order valence-electron chi connectivity index (χ3n) is 3.79. The minimum absolute atomic E-state index is 0.206. The van der Waals surface area contributed by atoms with Crippen molar-refractivity contribution >= 4 is 23.7 Å². The Morgan fingerprint density at radius 3 is 2.07 bits per heavy atom. The Morgan fingerprint density at radius 2 is 1.52 bits per heavy atom. The molecule has 0 aromatic carbocycles. The molecule has 0 fully saturated rings. The maximum absolute atomic E-state index is 12.2. The molecule has 0 spiro atoms. The molecule has 27 heavy (non-hydrogen) atoms. The molecule has 0 saturated carbocycles. The van der Waals surface area contributed by atoms with Gasteiger partial charge in [-0.25, -0.2) is 4.79 Å². The van der Waals surface area contributed by atoms with E-state index in [9.17, 15) is 19.2 Å². The number of rotatable bonds is 13. The Labute approximate surface area is 160 Å². The van der Waals surface area contributed by atoms with Crippen LogP contribution in [-0.4, -0.2) is 48.9 Å². The Balaban J connectivity index is 4.46. The average Bonchev–Trinajstić information content (AvgIpc) is 2.63. The summed E-state index contributed by atoms with van der Waals surface area (Å²) in [5.41, 5.74) is 0. The second kappa shape index (κ2) is 13.5. The molecule has 3 amide bonds. The number of hydrogen-bond acceptors (Lipinski definition) is 5. The zero-order valence-electron chi connectivity index (χ0n) is 16.4. The van der Waals surface area contributed by atoms with Crippen LogP contribution in [0.25, 0.3) is 0 Å². The molecule has 3 N–H and O–H groups in total. The van der Waals surface area contributed by atoms with Gasteiger partial charge < -0.3 is 20.7 Å². The number of nitrogens with one attached hydrogen (secondary N) is 3. The van der Waals surface area contributed by atoms with E-state index in [0.29, 0.717) is 12.8 Å². The first-order valence-corrected chi connectivity index (χ1v) is 8.96. The summed E-state index contributed by atoms with van der Waals surface area (Å²) in [6, 6.07) is -2.54. The van der Waals surface area contributed by atoms with E-state index in [-0.39, 0.29) is 12.3 Å². The quantitative estimate of drug-likeness (QED) is 0.250. The maximum Gasteiger partial charge on any atom is 0.328 e. The smallest absolute Gasteiger partial charge is 0.328 e. The second-order valence-electron chi connectivity index (χ2n) is 6.16. The molecule has 8 nitrogen and oxygen atoms in total. The zero-order valence-corrected chi connectivity index (χ0v) is 16.4. The fourth-order valence-electron chi connectivity index (χ4n) is 2.18. The fourth-order valence-corrected chi connectivity index (χ4v) is 2.18. The van der Waals surface area contributed by atoms with Crippen molar-refractivity contribution in [1.82, 2.24) is 16.0 Å². The van der Waals surface area contributed by atoms with E-state index in [2.05, 4.69) is 33.8 Å². The van der Waals surface area contributed by atoms with Gasteiger partial charge in [0.2, 0.25) is 17.7 Å². The van der Waals surface area contributed by atoms with Crippen LogP contribution in [0.5, 0.6) is 0 Å². The molecule has 0 aliphatic carbocycles. The Kier molecular flexibility index (Phi) is 12.2. The molecule has 0 saturated heterocycles. The lowest BCUT2D eigenvalue weighted by Crippen LogP contribution is -2.54. The highest BCUT2D eigenvalue weighted by Crippen LogP contribution is 2.01. The van der Waals surface area contributed by atoms with E-state index in [1.807, 2.05) is 0 Å². The Morgan fingerprint density at radius 1 is 0.926 bits per heavy atom. The minimum atomic E-state index is -0.888. The van der Waals surface area contributed by atoms with Crippen LogP contribution in [0, 0.1) is 0 Å². The Hall–Kier alpha value is -2.64. The number of carbonyl (C=O) groups is 4. The molecule has 0 aromatic rings. The van der Waals surface area contributed by atoms with Gasteiger partial charge >= 0.3 is 5.97 Å². The number of esters is 1. The van der Waals surface area contributed by atoms with Crippen LogP contribution in [0.4, 0.5) is 0 Å². The standard InChI is InChI=1S/C19H31N3O5/c1-6-8-9-10-12-16(23)20-13(3)17(24)21-14(4)18(25)22-15(11-7-2)19(26)27-5/h6-7,13-15H,1-2,8-12H2,3-5H3,(H,20,23)(H,21,24)(H,22,25)/t13-,14-,15+/m0/s1. The number of hydrogen-bond donors (Lipinski definition) is 3. The molecule has 0 aromatic heterocycles. The molecule has 8 heteroatoms. The van der Waals surface area contributed by atoms with Gasteiger partial charge in [-0.1, -0.05) is 12.2 Å². The van der Waals surface area contributed by atoms with Gasteiger partial charge in [0.25, 0.3) is 0 Å². The second-order valence-corrected chi connectivity index (χ2v) is 6.16. The number of ether oxygens (including phenoxy) is 1. The highest BCUT2D eigenvalue weighted by molar-refractivity contribution is 5.93. The molecule has 0 aliphatic heterocycles. The first kappa shape index (κ1) is 24.4. The van der Waals surface area contributed by atoms with Crippen molar-refractivity contribution in [2.24, 2.45) is 0 Å². The summed E-state index contributed by atoms with van der Waals surface area (Å²) >= 11 is 0. The van der Waals surface area contributed by atoms with Crippen molar-refractivity contribution in [1.29, 1.82) is 0 Å². The van der Waals surface area contributed by atoms with E-state index < -0.39 is 35.9 Å². The monoisotopic (exact) mass is 381 g/mol. The van der Waals surface area contributed by atoms with Crippen LogP contribution in [0.3, 0.4) is 0 Å². The molecule has 0 aliphatic rings. The average molecular weight is 381 g/mol. The topological polar surface area (TPSA) is 114 Å². The number of methoxy groups -OCH3 is 1. The van der Waals surface area contributed by atoms with Crippen LogP contribution >= 0.6 is 0 Å². The lowest BCUT2D eigenvalue weighted by molar-refractivity contribution is -0.145. The number of amides is 3. The SMILES string of the molecule is C=CCCCCC(=O)N[C@@H](C)C(=O)N[C@@H](C)C(=O)N[C@H](CC=C)C(=O)OC. The summed E-state index contributed by atoms with van der Waals surface area (Å²) in [6.07, 6.45) is 6.22. The summed E-state index contributed by atoms with van der Waals surface area (Å²) in [5.74, 6) is -1.85. The van der Waals surface area contributed by atoms with Crippen LogP contribution in [0.15, 0.2) is 25.3 Å². The summed E-state index contributed by atoms with van der Waals surface area (Å²) in [4.78, 5) is 47.7. The minimum Gasteiger partial charge on any atom is -0.467 e. The third kappa shape index (κ3) is 10.2. The van der Waals surface area contributed by atoms with Crippen molar-refractivity contribution < 1.29 is 23.9 Å². The normalized spacial score (nSPS) is 13.4. The third-order valence-corrected chi connectivity index (χ3v) is 3.79. The van der Waals surface area contributed by atoms with Crippen molar-refractivity contribution in [3.05, 3.63) is 25.3 Å². The van der Waals surface area contributed by atoms with E-state index >= 15 is 0 Å². The predicted molar refractivity (Wildman–Crippen MR) is 103 cm³/mol. The van der Waals surface area contributed by atoms with Crippen LogP contribution in [0.2, 0.25) is 0 Å². The van der Waals surface area contributed by atoms with E-state index in [1.165, 1.54) is 27.0 Å². The van der Waals surface area contributed by atoms with Crippen molar-refractivity contribution in [3.63, 3.8) is 0 Å². The molecule has 0 bridgehead atoms. The molecule has 0 unspecified atom stereocenters. The first-order chi connectivity index (χ1) is 12.8. The lowest BCUT2D eigenvalue weighted by atomic mass is 10.1. The number of carbonyl (C=O) groups excluding carboxylic acids is 4. The van der Waals surface area contributed by atoms with Gasteiger partial charge in [0.1, 0.15) is 18.1 Å². The summed E-state index contributed by atoms with van der Waals surface area (Å²) in [7, 11) is 1.22. The maximum atomic E-state index is 12.2. The van der Waals surface area contributed by atoms with E-state index in [4.69, 9.17) is 0 Å². The molecule has 3 atom stereocenters. The van der Waals surface area contributed by atoms with Gasteiger partial charge in [-0.3, -0.25) is 14.4 Å². The molecular formula is C19H31N3O5. The number of allylic oxidation sites excluding steroid dienone is 1. The molecular weight excluding hydrogens is 350 g/mol. The van der Waals surface area contributed by atoms with Crippen LogP contribution < -0.4 is 16.0 Å². The van der Waals surface area contributed by atoms with Gasteiger partial charge in [0, 0.05) is 6.42 Å². The highest BCUT2D eigenvalue weighted by Gasteiger charge is 2.25. The summed E-state index contributed by atoms with van der Waals surface area (Å²) < 4.78 is 4.61. The zero-order chi connectivity index (χ0) is 20.8. The number of unbranched alkanes of at least 4 members (excludes halogenated alkanes) is 2. The van der Waals surface area contributed by atoms with Crippen LogP contribution in [-0.2, 0) is 23.9 Å². The van der Waals surface area contributed by atoms with Gasteiger partial charge in [-0.15, -0.1) is 13.2 Å². The fraction of sp³-hybridized carbons (Fsp3) is 0.579. The molecule has 0 radical (unpaired) electrons. The van der Waals surface area contributed by atoms with Crippen molar-refractivity contribution in [2.45, 2.75) is 64.1 Å².